The first-order chi connectivity index (χ1) is 13.6. The minimum absolute atomic E-state index is 0.150. The van der Waals surface area contributed by atoms with Gasteiger partial charge in [-0.05, 0) is 48.2 Å². The van der Waals surface area contributed by atoms with E-state index in [0.717, 1.165) is 35.3 Å². The zero-order valence-corrected chi connectivity index (χ0v) is 16.2. The van der Waals surface area contributed by atoms with Crippen LogP contribution in [-0.2, 0) is 6.54 Å². The average molecular weight is 397 g/mol. The molecule has 3 aromatic rings. The number of nitrogens with zero attached hydrogens (tertiary/aromatic N) is 2. The third-order valence-electron chi connectivity index (χ3n) is 4.78. The number of carbonyl (C=O) groups excluding carboxylic acids is 1. The van der Waals surface area contributed by atoms with Crippen LogP contribution < -0.4 is 10.1 Å². The zero-order chi connectivity index (χ0) is 19.5. The fourth-order valence-electron chi connectivity index (χ4n) is 3.11. The number of aromatic nitrogens is 2. The molecule has 2 aromatic carbocycles. The number of nitrogens with one attached hydrogen (secondary N) is 2. The predicted molar refractivity (Wildman–Crippen MR) is 110 cm³/mol. The van der Waals surface area contributed by atoms with Crippen molar-refractivity contribution >= 4 is 23.3 Å². The standard InChI is InChI=1S/C21H21ClN4O2/c1-28-18-4-2-3-14(9-18)13-26(17-6-7-17)21(27)25-20-8-5-15(10-19(20)22)16-11-23-24-12-16/h2-5,8-12,17H,6-7,13H2,1H3,(H,23,24)(H,25,27). The number of amides is 2. The number of carbonyl (C=O) groups is 1. The third kappa shape index (κ3) is 4.12. The van der Waals surface area contributed by atoms with E-state index in [1.807, 2.05) is 47.4 Å². The number of halogens is 1. The van der Waals surface area contributed by atoms with E-state index in [-0.39, 0.29) is 12.1 Å². The Bertz CT molecular complexity index is 970. The van der Waals surface area contributed by atoms with Gasteiger partial charge in [0.15, 0.2) is 0 Å². The predicted octanol–water partition coefficient (Wildman–Crippen LogP) is 4.94. The molecule has 1 fully saturated rings. The number of methoxy groups -OCH3 is 1. The van der Waals surface area contributed by atoms with Gasteiger partial charge in [-0.2, -0.15) is 5.10 Å². The molecule has 4 rings (SSSR count). The molecule has 144 valence electrons. The number of aromatic amines is 1. The molecule has 0 radical (unpaired) electrons. The van der Waals surface area contributed by atoms with Crippen LogP contribution >= 0.6 is 11.6 Å². The van der Waals surface area contributed by atoms with Crippen molar-refractivity contribution in [2.45, 2.75) is 25.4 Å². The number of urea groups is 1. The molecule has 0 aliphatic heterocycles. The zero-order valence-electron chi connectivity index (χ0n) is 15.5. The first-order valence-electron chi connectivity index (χ1n) is 9.13. The second kappa shape index (κ2) is 7.94. The summed E-state index contributed by atoms with van der Waals surface area (Å²) in [6, 6.07) is 13.4. The van der Waals surface area contributed by atoms with Gasteiger partial charge >= 0.3 is 6.03 Å². The highest BCUT2D eigenvalue weighted by Gasteiger charge is 2.33. The van der Waals surface area contributed by atoms with Crippen molar-refractivity contribution in [2.75, 3.05) is 12.4 Å². The van der Waals surface area contributed by atoms with E-state index in [0.29, 0.717) is 17.3 Å². The number of benzene rings is 2. The minimum Gasteiger partial charge on any atom is -0.497 e. The van der Waals surface area contributed by atoms with Crippen LogP contribution in [-0.4, -0.2) is 34.3 Å². The van der Waals surface area contributed by atoms with E-state index in [4.69, 9.17) is 16.3 Å². The number of hydrogen-bond donors (Lipinski definition) is 2. The Labute approximate surface area is 168 Å². The molecule has 0 saturated heterocycles. The Morgan fingerprint density at radius 3 is 2.82 bits per heavy atom. The quantitative estimate of drug-likeness (QED) is 0.620. The highest BCUT2D eigenvalue weighted by Crippen LogP contribution is 2.32. The summed E-state index contributed by atoms with van der Waals surface area (Å²) in [7, 11) is 1.64. The molecule has 2 N–H and O–H groups in total. The van der Waals surface area contributed by atoms with Gasteiger partial charge in [0.25, 0.3) is 0 Å². The number of H-pyrrole nitrogens is 1. The summed E-state index contributed by atoms with van der Waals surface area (Å²) in [6.07, 6.45) is 5.56. The van der Waals surface area contributed by atoms with Gasteiger partial charge in [-0.25, -0.2) is 4.79 Å². The topological polar surface area (TPSA) is 70.2 Å². The number of hydrogen-bond acceptors (Lipinski definition) is 3. The average Bonchev–Trinajstić information content (AvgIpc) is 3.40. The van der Waals surface area contributed by atoms with Crippen LogP contribution in [0, 0.1) is 0 Å². The van der Waals surface area contributed by atoms with E-state index in [1.165, 1.54) is 0 Å². The fraction of sp³-hybridized carbons (Fsp3) is 0.238. The molecule has 6 nitrogen and oxygen atoms in total. The molecule has 1 aliphatic carbocycles. The normalized spacial score (nSPS) is 13.2. The van der Waals surface area contributed by atoms with Crippen LogP contribution in [0.5, 0.6) is 5.75 Å². The van der Waals surface area contributed by atoms with Crippen molar-refractivity contribution in [1.82, 2.24) is 15.1 Å². The first-order valence-corrected chi connectivity index (χ1v) is 9.51. The minimum atomic E-state index is -0.150. The van der Waals surface area contributed by atoms with E-state index >= 15 is 0 Å². The molecule has 0 spiro atoms. The lowest BCUT2D eigenvalue weighted by molar-refractivity contribution is 0.206. The second-order valence-corrected chi connectivity index (χ2v) is 7.23. The molecule has 2 amide bonds. The maximum atomic E-state index is 12.9. The maximum absolute atomic E-state index is 12.9. The van der Waals surface area contributed by atoms with Crippen molar-refractivity contribution in [2.24, 2.45) is 0 Å². The molecular weight excluding hydrogens is 376 g/mol. The highest BCUT2D eigenvalue weighted by atomic mass is 35.5. The molecule has 0 atom stereocenters. The number of anilines is 1. The fourth-order valence-corrected chi connectivity index (χ4v) is 3.34. The van der Waals surface area contributed by atoms with Gasteiger partial charge in [-0.3, -0.25) is 5.10 Å². The molecule has 1 aromatic heterocycles. The SMILES string of the molecule is COc1cccc(CN(C(=O)Nc2ccc(-c3cn[nH]c3)cc2Cl)C2CC2)c1. The van der Waals surface area contributed by atoms with Crippen molar-refractivity contribution in [3.63, 3.8) is 0 Å². The Morgan fingerprint density at radius 2 is 2.14 bits per heavy atom. The maximum Gasteiger partial charge on any atom is 0.322 e. The van der Waals surface area contributed by atoms with Crippen molar-refractivity contribution in [3.05, 3.63) is 65.4 Å². The van der Waals surface area contributed by atoms with Crippen LogP contribution in [0.3, 0.4) is 0 Å². The lowest BCUT2D eigenvalue weighted by Crippen LogP contribution is -2.36. The van der Waals surface area contributed by atoms with E-state index in [2.05, 4.69) is 15.5 Å². The molecular formula is C21H21ClN4O2. The Kier molecular flexibility index (Phi) is 5.21. The van der Waals surface area contributed by atoms with Gasteiger partial charge < -0.3 is 15.0 Å². The lowest BCUT2D eigenvalue weighted by Gasteiger charge is -2.23. The van der Waals surface area contributed by atoms with Gasteiger partial charge in [-0.1, -0.05) is 29.8 Å². The summed E-state index contributed by atoms with van der Waals surface area (Å²) in [5.74, 6) is 0.784. The van der Waals surface area contributed by atoms with Gasteiger partial charge in [-0.15, -0.1) is 0 Å². The summed E-state index contributed by atoms with van der Waals surface area (Å²) < 4.78 is 5.28. The lowest BCUT2D eigenvalue weighted by atomic mass is 10.1. The summed E-state index contributed by atoms with van der Waals surface area (Å²) in [5, 5.41) is 10.2. The second-order valence-electron chi connectivity index (χ2n) is 6.82. The largest absolute Gasteiger partial charge is 0.497 e. The van der Waals surface area contributed by atoms with Crippen LogP contribution in [0.25, 0.3) is 11.1 Å². The molecule has 1 heterocycles. The number of ether oxygens (including phenoxy) is 1. The molecule has 28 heavy (non-hydrogen) atoms. The van der Waals surface area contributed by atoms with Gasteiger partial charge in [0.05, 0.1) is 24.0 Å². The van der Waals surface area contributed by atoms with E-state index in [1.54, 1.807) is 19.5 Å². The summed E-state index contributed by atoms with van der Waals surface area (Å²) in [6.45, 7) is 0.526. The first kappa shape index (κ1) is 18.4. The molecule has 1 aliphatic rings. The summed E-state index contributed by atoms with van der Waals surface area (Å²) in [4.78, 5) is 14.8. The van der Waals surface area contributed by atoms with E-state index in [9.17, 15) is 4.79 Å². The summed E-state index contributed by atoms with van der Waals surface area (Å²) in [5.41, 5.74) is 3.50. The Morgan fingerprint density at radius 1 is 1.29 bits per heavy atom. The number of rotatable bonds is 6. The molecule has 0 bridgehead atoms. The molecule has 7 heteroatoms. The monoisotopic (exact) mass is 396 g/mol. The summed E-state index contributed by atoms with van der Waals surface area (Å²) >= 11 is 6.41. The van der Waals surface area contributed by atoms with Crippen molar-refractivity contribution in [1.29, 1.82) is 0 Å². The van der Waals surface area contributed by atoms with Crippen LogP contribution in [0.4, 0.5) is 10.5 Å². The van der Waals surface area contributed by atoms with Crippen molar-refractivity contribution < 1.29 is 9.53 Å². The smallest absolute Gasteiger partial charge is 0.322 e. The van der Waals surface area contributed by atoms with Crippen LogP contribution in [0.2, 0.25) is 5.02 Å². The Hall–Kier alpha value is -2.99. The van der Waals surface area contributed by atoms with E-state index < -0.39 is 0 Å². The third-order valence-corrected chi connectivity index (χ3v) is 5.09. The van der Waals surface area contributed by atoms with Gasteiger partial charge in [0, 0.05) is 24.3 Å². The van der Waals surface area contributed by atoms with Crippen LogP contribution in [0.1, 0.15) is 18.4 Å². The van der Waals surface area contributed by atoms with Gasteiger partial charge in [0.2, 0.25) is 0 Å². The van der Waals surface area contributed by atoms with Crippen LogP contribution in [0.15, 0.2) is 54.9 Å². The molecule has 1 saturated carbocycles. The molecule has 0 unspecified atom stereocenters. The highest BCUT2D eigenvalue weighted by molar-refractivity contribution is 6.34. The van der Waals surface area contributed by atoms with Gasteiger partial charge in [0.1, 0.15) is 5.75 Å². The Balaban J connectivity index is 1.49. The van der Waals surface area contributed by atoms with Crippen molar-refractivity contribution in [3.8, 4) is 16.9 Å².